The molecule has 0 bridgehead atoms. The molecule has 0 unspecified atom stereocenters. The van der Waals surface area contributed by atoms with Gasteiger partial charge in [0.2, 0.25) is 0 Å². The van der Waals surface area contributed by atoms with E-state index < -0.39 is 0 Å². The summed E-state index contributed by atoms with van der Waals surface area (Å²) in [5, 5.41) is 1.27. The standard InChI is InChI=1S/C27H26O3S/c1-3-9-20(10-4-1)17-28-19-25-23(29-18-21-11-5-2-6-12-21)16-24(30-25)27-15-22-13-7-8-14-26(22)31-27/h1-15,23-25H,16-19H2/t23-,24+,25+/m0/s1. The number of ether oxygens (including phenoxy) is 3. The molecule has 3 aromatic carbocycles. The molecule has 1 aromatic heterocycles. The first-order valence-corrected chi connectivity index (χ1v) is 11.6. The van der Waals surface area contributed by atoms with Crippen LogP contribution in [0.4, 0.5) is 0 Å². The van der Waals surface area contributed by atoms with Gasteiger partial charge in [0.15, 0.2) is 0 Å². The molecule has 31 heavy (non-hydrogen) atoms. The van der Waals surface area contributed by atoms with Crippen LogP contribution in [0.5, 0.6) is 0 Å². The summed E-state index contributed by atoms with van der Waals surface area (Å²) in [7, 11) is 0. The summed E-state index contributed by atoms with van der Waals surface area (Å²) in [5.74, 6) is 0. The zero-order valence-corrected chi connectivity index (χ0v) is 18.2. The Morgan fingerprint density at radius 1 is 0.806 bits per heavy atom. The quantitative estimate of drug-likeness (QED) is 0.318. The Morgan fingerprint density at radius 2 is 1.48 bits per heavy atom. The molecule has 0 aliphatic carbocycles. The van der Waals surface area contributed by atoms with Gasteiger partial charge in [-0.1, -0.05) is 78.9 Å². The first-order valence-electron chi connectivity index (χ1n) is 10.8. The number of fused-ring (bicyclic) bond motifs is 1. The molecule has 1 aliphatic rings. The lowest BCUT2D eigenvalue weighted by molar-refractivity contribution is -0.0711. The fraction of sp³-hybridized carbons (Fsp3) is 0.259. The maximum absolute atomic E-state index is 6.48. The fourth-order valence-corrected chi connectivity index (χ4v) is 5.14. The van der Waals surface area contributed by atoms with Crippen LogP contribution in [0.25, 0.3) is 10.1 Å². The largest absolute Gasteiger partial charge is 0.374 e. The van der Waals surface area contributed by atoms with E-state index in [4.69, 9.17) is 14.2 Å². The molecular weight excluding hydrogens is 404 g/mol. The number of hydrogen-bond donors (Lipinski definition) is 0. The van der Waals surface area contributed by atoms with Crippen LogP contribution in [0.3, 0.4) is 0 Å². The van der Waals surface area contributed by atoms with Crippen molar-refractivity contribution in [3.8, 4) is 0 Å². The van der Waals surface area contributed by atoms with E-state index in [1.807, 2.05) is 47.7 Å². The van der Waals surface area contributed by atoms with Crippen molar-refractivity contribution < 1.29 is 14.2 Å². The topological polar surface area (TPSA) is 27.7 Å². The Labute approximate surface area is 187 Å². The monoisotopic (exact) mass is 430 g/mol. The van der Waals surface area contributed by atoms with Gasteiger partial charge in [-0.2, -0.15) is 0 Å². The van der Waals surface area contributed by atoms with E-state index in [0.717, 1.165) is 6.42 Å². The molecule has 158 valence electrons. The minimum absolute atomic E-state index is 0.00573. The highest BCUT2D eigenvalue weighted by Crippen LogP contribution is 2.40. The van der Waals surface area contributed by atoms with Crippen LogP contribution >= 0.6 is 11.3 Å². The maximum Gasteiger partial charge on any atom is 0.108 e. The molecule has 2 heterocycles. The van der Waals surface area contributed by atoms with Gasteiger partial charge in [0.25, 0.3) is 0 Å². The molecule has 0 saturated carbocycles. The SMILES string of the molecule is c1ccc(COC[C@H]2O[C@@H](c3cc4ccccc4s3)C[C@@H]2OCc2ccccc2)cc1. The minimum atomic E-state index is -0.0809. The van der Waals surface area contributed by atoms with E-state index in [1.54, 1.807) is 0 Å². The maximum atomic E-state index is 6.48. The molecule has 3 atom stereocenters. The second-order valence-electron chi connectivity index (χ2n) is 7.92. The number of hydrogen-bond acceptors (Lipinski definition) is 4. The zero-order chi connectivity index (χ0) is 20.9. The van der Waals surface area contributed by atoms with Gasteiger partial charge < -0.3 is 14.2 Å². The third kappa shape index (κ3) is 5.05. The van der Waals surface area contributed by atoms with Crippen molar-refractivity contribution in [3.05, 3.63) is 107 Å². The third-order valence-corrected chi connectivity index (χ3v) is 6.87. The van der Waals surface area contributed by atoms with Crippen molar-refractivity contribution in [1.82, 2.24) is 0 Å². The Morgan fingerprint density at radius 3 is 2.23 bits per heavy atom. The van der Waals surface area contributed by atoms with Gasteiger partial charge in [-0.05, 0) is 28.6 Å². The first-order chi connectivity index (χ1) is 15.3. The zero-order valence-electron chi connectivity index (χ0n) is 17.4. The van der Waals surface area contributed by atoms with Crippen molar-refractivity contribution in [2.75, 3.05) is 6.61 Å². The summed E-state index contributed by atoms with van der Waals surface area (Å²) in [5.41, 5.74) is 2.35. The normalized spacial score (nSPS) is 21.0. The van der Waals surface area contributed by atoms with Crippen LogP contribution < -0.4 is 0 Å². The summed E-state index contributed by atoms with van der Waals surface area (Å²) < 4.78 is 20.1. The molecule has 0 amide bonds. The van der Waals surface area contributed by atoms with Crippen LogP contribution in [0.1, 0.15) is 28.5 Å². The Hall–Kier alpha value is -2.50. The van der Waals surface area contributed by atoms with Gasteiger partial charge in [0.1, 0.15) is 6.10 Å². The van der Waals surface area contributed by atoms with Crippen molar-refractivity contribution in [1.29, 1.82) is 0 Å². The molecule has 3 nitrogen and oxygen atoms in total. The summed E-state index contributed by atoms with van der Waals surface area (Å²) in [6.45, 7) is 1.69. The van der Waals surface area contributed by atoms with Crippen molar-refractivity contribution >= 4 is 21.4 Å². The lowest BCUT2D eigenvalue weighted by Crippen LogP contribution is -2.29. The van der Waals surface area contributed by atoms with Crippen molar-refractivity contribution in [3.63, 3.8) is 0 Å². The van der Waals surface area contributed by atoms with E-state index in [2.05, 4.69) is 54.6 Å². The molecular formula is C27H26O3S. The molecule has 4 heteroatoms. The predicted molar refractivity (Wildman–Crippen MR) is 125 cm³/mol. The van der Waals surface area contributed by atoms with Crippen LogP contribution in [0, 0.1) is 0 Å². The second-order valence-corrected chi connectivity index (χ2v) is 9.04. The molecule has 1 aliphatic heterocycles. The van der Waals surface area contributed by atoms with E-state index in [0.29, 0.717) is 19.8 Å². The van der Waals surface area contributed by atoms with Crippen LogP contribution in [0.2, 0.25) is 0 Å². The van der Waals surface area contributed by atoms with Crippen molar-refractivity contribution in [2.24, 2.45) is 0 Å². The number of thiophene rings is 1. The van der Waals surface area contributed by atoms with E-state index in [9.17, 15) is 0 Å². The smallest absolute Gasteiger partial charge is 0.108 e. The van der Waals surface area contributed by atoms with Crippen LogP contribution in [0.15, 0.2) is 91.0 Å². The van der Waals surface area contributed by atoms with Crippen molar-refractivity contribution in [2.45, 2.75) is 37.9 Å². The average Bonchev–Trinajstić information content (AvgIpc) is 3.43. The van der Waals surface area contributed by atoms with Crippen LogP contribution in [-0.2, 0) is 27.4 Å². The summed E-state index contributed by atoms with van der Waals surface area (Å²) >= 11 is 1.81. The average molecular weight is 431 g/mol. The van der Waals surface area contributed by atoms with Gasteiger partial charge in [-0.3, -0.25) is 0 Å². The highest BCUT2D eigenvalue weighted by Gasteiger charge is 2.37. The first kappa shape index (κ1) is 20.4. The summed E-state index contributed by atoms with van der Waals surface area (Å²) in [6.07, 6.45) is 0.816. The number of benzene rings is 3. The Bertz CT molecular complexity index is 1060. The highest BCUT2D eigenvalue weighted by molar-refractivity contribution is 7.19. The van der Waals surface area contributed by atoms with Gasteiger partial charge in [-0.25, -0.2) is 0 Å². The van der Waals surface area contributed by atoms with Gasteiger partial charge in [0, 0.05) is 16.0 Å². The molecule has 1 fully saturated rings. The molecule has 0 spiro atoms. The summed E-state index contributed by atoms with van der Waals surface area (Å²) in [4.78, 5) is 1.26. The molecule has 5 rings (SSSR count). The molecule has 1 saturated heterocycles. The summed E-state index contributed by atoms with van der Waals surface area (Å²) in [6, 6.07) is 31.3. The molecule has 0 N–H and O–H groups in total. The molecule has 0 radical (unpaired) electrons. The van der Waals surface area contributed by atoms with E-state index in [-0.39, 0.29) is 18.3 Å². The molecule has 4 aromatic rings. The van der Waals surface area contributed by atoms with Gasteiger partial charge in [0.05, 0.1) is 32.0 Å². The van der Waals surface area contributed by atoms with Gasteiger partial charge >= 0.3 is 0 Å². The Balaban J connectivity index is 1.27. The third-order valence-electron chi connectivity index (χ3n) is 5.66. The van der Waals surface area contributed by atoms with E-state index in [1.165, 1.54) is 26.1 Å². The van der Waals surface area contributed by atoms with Crippen LogP contribution in [-0.4, -0.2) is 18.8 Å². The highest BCUT2D eigenvalue weighted by atomic mass is 32.1. The fourth-order valence-electron chi connectivity index (χ4n) is 4.03. The lowest BCUT2D eigenvalue weighted by Gasteiger charge is -2.19. The number of rotatable bonds is 8. The minimum Gasteiger partial charge on any atom is -0.374 e. The second kappa shape index (κ2) is 9.75. The van der Waals surface area contributed by atoms with Gasteiger partial charge in [-0.15, -0.1) is 11.3 Å². The Kier molecular flexibility index (Phi) is 6.42. The van der Waals surface area contributed by atoms with E-state index >= 15 is 0 Å². The predicted octanol–water partition coefficient (Wildman–Crippen LogP) is 6.53. The lowest BCUT2D eigenvalue weighted by atomic mass is 10.1.